The highest BCUT2D eigenvalue weighted by Crippen LogP contribution is 2.24. The molecule has 0 spiro atoms. The molecule has 0 fully saturated rings. The minimum Gasteiger partial charge on any atom is -0.496 e. The van der Waals surface area contributed by atoms with E-state index in [-0.39, 0.29) is 24.6 Å². The largest absolute Gasteiger partial charge is 0.496 e. The van der Waals surface area contributed by atoms with Crippen LogP contribution in [-0.2, 0) is 27.9 Å². The molecule has 3 aromatic carbocycles. The van der Waals surface area contributed by atoms with Gasteiger partial charge in [0.05, 0.1) is 25.6 Å². The molecule has 3 rings (SSSR count). The monoisotopic (exact) mass is 472 g/mol. The quantitative estimate of drug-likeness (QED) is 0.488. The fourth-order valence-corrected chi connectivity index (χ4v) is 4.01. The topological polar surface area (TPSA) is 84.9 Å². The van der Waals surface area contributed by atoms with Crippen LogP contribution in [-0.4, -0.2) is 34.3 Å². The van der Waals surface area contributed by atoms with Crippen molar-refractivity contribution in [1.29, 1.82) is 0 Å². The predicted octanol–water partition coefficient (Wildman–Crippen LogP) is 3.50. The summed E-state index contributed by atoms with van der Waals surface area (Å²) in [6.07, 6.45) is 1.06. The summed E-state index contributed by atoms with van der Waals surface area (Å²) in [5.74, 6) is 0.276. The number of para-hydroxylation sites is 1. The summed E-state index contributed by atoms with van der Waals surface area (Å²) in [4.78, 5) is 12.1. The van der Waals surface area contributed by atoms with E-state index in [4.69, 9.17) is 9.47 Å². The molecular weight excluding hydrogens is 447 g/mol. The number of anilines is 1. The molecule has 33 heavy (non-hydrogen) atoms. The first-order valence-corrected chi connectivity index (χ1v) is 12.0. The van der Waals surface area contributed by atoms with E-state index in [0.717, 1.165) is 16.1 Å². The van der Waals surface area contributed by atoms with Gasteiger partial charge in [-0.2, -0.15) is 0 Å². The van der Waals surface area contributed by atoms with Crippen molar-refractivity contribution in [3.63, 3.8) is 0 Å². The molecule has 3 aromatic rings. The molecule has 0 aliphatic carbocycles. The third-order valence-corrected chi connectivity index (χ3v) is 5.98. The molecule has 0 heterocycles. The second kappa shape index (κ2) is 10.8. The summed E-state index contributed by atoms with van der Waals surface area (Å²) >= 11 is 0. The standard InChI is InChI=1S/C24H25FN2O5S/c1-31-23-10-6-4-7-18(23)15-26-24(28)17-32-21-13-11-20(12-14-21)27(33(2,29)30)16-19-8-3-5-9-22(19)25/h3-14H,15-17H2,1-2H3,(H,26,28). The van der Waals surface area contributed by atoms with E-state index in [1.54, 1.807) is 43.5 Å². The molecule has 9 heteroatoms. The molecule has 1 amide bonds. The fourth-order valence-electron chi connectivity index (χ4n) is 3.13. The second-order valence-corrected chi connectivity index (χ2v) is 9.14. The van der Waals surface area contributed by atoms with Gasteiger partial charge in [-0.1, -0.05) is 36.4 Å². The highest BCUT2D eigenvalue weighted by molar-refractivity contribution is 7.92. The van der Waals surface area contributed by atoms with Crippen LogP contribution in [0.3, 0.4) is 0 Å². The third kappa shape index (κ3) is 6.69. The summed E-state index contributed by atoms with van der Waals surface area (Å²) in [5.41, 5.74) is 1.46. The Balaban J connectivity index is 1.60. The summed E-state index contributed by atoms with van der Waals surface area (Å²) < 4.78 is 50.5. The molecule has 0 saturated carbocycles. The lowest BCUT2D eigenvalue weighted by molar-refractivity contribution is -0.123. The van der Waals surface area contributed by atoms with E-state index in [0.29, 0.717) is 23.7 Å². The molecule has 0 atom stereocenters. The Morgan fingerprint density at radius 1 is 0.970 bits per heavy atom. The second-order valence-electron chi connectivity index (χ2n) is 7.23. The molecular formula is C24H25FN2O5S. The number of rotatable bonds is 10. The molecule has 0 unspecified atom stereocenters. The number of benzene rings is 3. The minimum absolute atomic E-state index is 0.142. The van der Waals surface area contributed by atoms with Crippen LogP contribution in [0.4, 0.5) is 10.1 Å². The molecule has 174 valence electrons. The van der Waals surface area contributed by atoms with Gasteiger partial charge in [0.15, 0.2) is 6.61 Å². The van der Waals surface area contributed by atoms with Gasteiger partial charge in [-0.25, -0.2) is 12.8 Å². The van der Waals surface area contributed by atoms with Gasteiger partial charge >= 0.3 is 0 Å². The van der Waals surface area contributed by atoms with Crippen molar-refractivity contribution >= 4 is 21.6 Å². The highest BCUT2D eigenvalue weighted by atomic mass is 32.2. The van der Waals surface area contributed by atoms with Crippen LogP contribution in [0.1, 0.15) is 11.1 Å². The molecule has 0 aliphatic heterocycles. The third-order valence-electron chi connectivity index (χ3n) is 4.84. The van der Waals surface area contributed by atoms with Crippen LogP contribution in [0.25, 0.3) is 0 Å². The zero-order valence-corrected chi connectivity index (χ0v) is 19.1. The Bertz CT molecular complexity index is 1200. The number of nitrogens with zero attached hydrogens (tertiary/aromatic N) is 1. The molecule has 0 aromatic heterocycles. The molecule has 7 nitrogen and oxygen atoms in total. The van der Waals surface area contributed by atoms with E-state index < -0.39 is 15.8 Å². The number of carbonyl (C=O) groups is 1. The zero-order chi connectivity index (χ0) is 23.8. The summed E-state index contributed by atoms with van der Waals surface area (Å²) in [6.45, 7) is -0.0545. The summed E-state index contributed by atoms with van der Waals surface area (Å²) in [7, 11) is -2.10. The number of ether oxygens (including phenoxy) is 2. The van der Waals surface area contributed by atoms with Crippen LogP contribution in [0.2, 0.25) is 0 Å². The molecule has 0 saturated heterocycles. The maximum absolute atomic E-state index is 14.0. The Kier molecular flexibility index (Phi) is 7.89. The van der Waals surface area contributed by atoms with Crippen molar-refractivity contribution < 1.29 is 27.1 Å². The first kappa shape index (κ1) is 24.1. The number of sulfonamides is 1. The minimum atomic E-state index is -3.66. The SMILES string of the molecule is COc1ccccc1CNC(=O)COc1ccc(N(Cc2ccccc2F)S(C)(=O)=O)cc1. The van der Waals surface area contributed by atoms with E-state index in [1.807, 2.05) is 24.3 Å². The van der Waals surface area contributed by atoms with Crippen LogP contribution < -0.4 is 19.1 Å². The lowest BCUT2D eigenvalue weighted by Crippen LogP contribution is -2.29. The van der Waals surface area contributed by atoms with E-state index in [1.165, 1.54) is 12.1 Å². The molecule has 1 N–H and O–H groups in total. The van der Waals surface area contributed by atoms with Crippen LogP contribution in [0.5, 0.6) is 11.5 Å². The number of nitrogens with one attached hydrogen (secondary N) is 1. The van der Waals surface area contributed by atoms with Crippen LogP contribution in [0, 0.1) is 5.82 Å². The number of hydrogen-bond donors (Lipinski definition) is 1. The number of amides is 1. The van der Waals surface area contributed by atoms with Crippen molar-refractivity contribution in [2.75, 3.05) is 24.3 Å². The summed E-state index contributed by atoms with van der Waals surface area (Å²) in [5, 5.41) is 2.76. The fraction of sp³-hybridized carbons (Fsp3) is 0.208. The lowest BCUT2D eigenvalue weighted by atomic mass is 10.2. The number of halogens is 1. The summed E-state index contributed by atoms with van der Waals surface area (Å²) in [6, 6.07) is 19.6. The molecule has 0 aliphatic rings. The van der Waals surface area contributed by atoms with Gasteiger partial charge in [-0.3, -0.25) is 9.10 Å². The average Bonchev–Trinajstić information content (AvgIpc) is 2.80. The highest BCUT2D eigenvalue weighted by Gasteiger charge is 2.19. The number of hydrogen-bond acceptors (Lipinski definition) is 5. The Morgan fingerprint density at radius 3 is 2.24 bits per heavy atom. The average molecular weight is 473 g/mol. The van der Waals surface area contributed by atoms with Crippen LogP contribution >= 0.6 is 0 Å². The predicted molar refractivity (Wildman–Crippen MR) is 124 cm³/mol. The van der Waals surface area contributed by atoms with Crippen molar-refractivity contribution in [1.82, 2.24) is 5.32 Å². The van der Waals surface area contributed by atoms with Gasteiger partial charge in [0, 0.05) is 17.7 Å². The van der Waals surface area contributed by atoms with Gasteiger partial charge in [-0.05, 0) is 36.4 Å². The van der Waals surface area contributed by atoms with Gasteiger partial charge in [-0.15, -0.1) is 0 Å². The van der Waals surface area contributed by atoms with E-state index in [9.17, 15) is 17.6 Å². The molecule has 0 bridgehead atoms. The number of carbonyl (C=O) groups excluding carboxylic acids is 1. The zero-order valence-electron chi connectivity index (χ0n) is 18.3. The van der Waals surface area contributed by atoms with Gasteiger partial charge < -0.3 is 14.8 Å². The maximum atomic E-state index is 14.0. The Labute approximate surface area is 192 Å². The Morgan fingerprint density at radius 2 is 1.61 bits per heavy atom. The van der Waals surface area contributed by atoms with Crippen molar-refractivity contribution in [3.05, 3.63) is 89.7 Å². The van der Waals surface area contributed by atoms with E-state index >= 15 is 0 Å². The van der Waals surface area contributed by atoms with Crippen molar-refractivity contribution in [3.8, 4) is 11.5 Å². The Hall–Kier alpha value is -3.59. The number of methoxy groups -OCH3 is 1. The maximum Gasteiger partial charge on any atom is 0.258 e. The van der Waals surface area contributed by atoms with Gasteiger partial charge in [0.25, 0.3) is 5.91 Å². The normalized spacial score (nSPS) is 11.0. The van der Waals surface area contributed by atoms with E-state index in [2.05, 4.69) is 5.32 Å². The van der Waals surface area contributed by atoms with Crippen molar-refractivity contribution in [2.24, 2.45) is 0 Å². The van der Waals surface area contributed by atoms with Gasteiger partial charge in [0.1, 0.15) is 17.3 Å². The van der Waals surface area contributed by atoms with Gasteiger partial charge in [0.2, 0.25) is 10.0 Å². The van der Waals surface area contributed by atoms with Crippen molar-refractivity contribution in [2.45, 2.75) is 13.1 Å². The van der Waals surface area contributed by atoms with Crippen LogP contribution in [0.15, 0.2) is 72.8 Å². The first-order valence-electron chi connectivity index (χ1n) is 10.1. The first-order chi connectivity index (χ1) is 15.8. The molecule has 0 radical (unpaired) electrons. The smallest absolute Gasteiger partial charge is 0.258 e. The lowest BCUT2D eigenvalue weighted by Gasteiger charge is -2.23.